The Kier molecular flexibility index (Phi) is 17.7. The molecular formula is C45H51N2Na2O9S3-. The van der Waals surface area contributed by atoms with Crippen molar-refractivity contribution in [3.63, 3.8) is 0 Å². The fourth-order valence-electron chi connectivity index (χ4n) is 7.61. The van der Waals surface area contributed by atoms with Crippen molar-refractivity contribution in [1.29, 1.82) is 0 Å². The molecule has 0 fully saturated rings. The summed E-state index contributed by atoms with van der Waals surface area (Å²) in [6.07, 6.45) is 0. The molecule has 0 aliphatic heterocycles. The van der Waals surface area contributed by atoms with Crippen LogP contribution in [0.25, 0.3) is 0 Å². The summed E-state index contributed by atoms with van der Waals surface area (Å²) in [5, 5.41) is 6.96. The Morgan fingerprint density at radius 3 is 1.03 bits per heavy atom. The van der Waals surface area contributed by atoms with Crippen LogP contribution in [0.5, 0.6) is 0 Å². The van der Waals surface area contributed by atoms with E-state index >= 15 is 0 Å². The third kappa shape index (κ3) is 12.2. The number of anilines is 4. The maximum absolute atomic E-state index is 12.7. The molecule has 2 N–H and O–H groups in total. The monoisotopic (exact) mass is 905 g/mol. The van der Waals surface area contributed by atoms with E-state index in [0.717, 1.165) is 22.3 Å². The Morgan fingerprint density at radius 1 is 0.426 bits per heavy atom. The largest absolute Gasteiger partial charge is 1.00 e. The van der Waals surface area contributed by atoms with Crippen LogP contribution in [0, 0.1) is 13.8 Å². The average Bonchev–Trinajstić information content (AvgIpc) is 3.11. The van der Waals surface area contributed by atoms with Crippen molar-refractivity contribution in [2.24, 2.45) is 0 Å². The summed E-state index contributed by atoms with van der Waals surface area (Å²) in [4.78, 5) is -0.926. The molecule has 11 nitrogen and oxygen atoms in total. The second kappa shape index (κ2) is 20.5. The van der Waals surface area contributed by atoms with Gasteiger partial charge in [-0.05, 0) is 142 Å². The molecule has 0 aliphatic carbocycles. The standard InChI is InChI=1S/C45H54N2O9S3.2Na/c1-25(2)38-21-33(57(48,49)50)22-39(26(3)4)44(38)46-31-15-17-35(29(9)19-31)43(37-13-11-12-14-42(37)59(54,55)56)36-18-16-32(20-30(36)10)47-45-40(27(5)6)23-34(58(51,52)53)24-41(45)28(7)8;;/h11-28,43,46-47H,1-10H3,(H,48,49,50)(H,51,52,53)(H,54,55,56);;/q;2*+1/p-3. The molecular weight excluding hydrogens is 855 g/mol. The molecule has 5 rings (SSSR count). The van der Waals surface area contributed by atoms with Crippen LogP contribution in [0.3, 0.4) is 0 Å². The minimum Gasteiger partial charge on any atom is -0.744 e. The molecule has 0 radical (unpaired) electrons. The zero-order valence-electron chi connectivity index (χ0n) is 36.9. The van der Waals surface area contributed by atoms with Crippen molar-refractivity contribution >= 4 is 53.1 Å². The smallest absolute Gasteiger partial charge is 0.744 e. The number of hydrogen-bond donors (Lipinski definition) is 2. The van der Waals surface area contributed by atoms with Crippen molar-refractivity contribution in [2.45, 2.75) is 114 Å². The molecule has 0 spiro atoms. The van der Waals surface area contributed by atoms with Gasteiger partial charge in [-0.1, -0.05) is 85.7 Å². The molecule has 0 saturated heterocycles. The normalized spacial score (nSPS) is 12.2. The number of aryl methyl sites for hydroxylation is 2. The van der Waals surface area contributed by atoms with Gasteiger partial charge >= 0.3 is 59.1 Å². The molecule has 16 heteroatoms. The van der Waals surface area contributed by atoms with E-state index in [2.05, 4.69) is 10.6 Å². The van der Waals surface area contributed by atoms with Gasteiger partial charge in [-0.25, -0.2) is 25.3 Å². The van der Waals surface area contributed by atoms with E-state index in [1.165, 1.54) is 36.4 Å². The SMILES string of the molecule is Cc1cc(Nc2c(C(C)C)cc(S(=O)(=O)[O-])cc2C(C)C)ccc1C(c1ccc(Nc2c(C(C)C)cc(S(=O)(=O)[O-])cc2C(C)C)cc1C)c1ccccc1S(=O)(=O)[O-].[Na+].[Na+]. The molecule has 0 aliphatic rings. The van der Waals surface area contributed by atoms with Crippen molar-refractivity contribution < 1.29 is 98.0 Å². The molecule has 0 saturated carbocycles. The van der Waals surface area contributed by atoms with Gasteiger partial charge in [0.25, 0.3) is 0 Å². The van der Waals surface area contributed by atoms with Crippen LogP contribution < -0.4 is 69.7 Å². The van der Waals surface area contributed by atoms with E-state index in [9.17, 15) is 38.9 Å². The second-order valence-corrected chi connectivity index (χ2v) is 20.4. The van der Waals surface area contributed by atoms with Crippen molar-refractivity contribution in [3.05, 3.63) is 135 Å². The van der Waals surface area contributed by atoms with E-state index < -0.39 is 36.3 Å². The molecule has 0 heterocycles. The van der Waals surface area contributed by atoms with Gasteiger partial charge in [-0.15, -0.1) is 0 Å². The van der Waals surface area contributed by atoms with Crippen molar-refractivity contribution in [2.75, 3.05) is 10.6 Å². The molecule has 0 unspecified atom stereocenters. The topological polar surface area (TPSA) is 196 Å². The quantitative estimate of drug-likeness (QED) is 0.0922. The summed E-state index contributed by atoms with van der Waals surface area (Å²) in [6.45, 7) is 19.1. The van der Waals surface area contributed by atoms with Gasteiger partial charge in [0.2, 0.25) is 0 Å². The Balaban J connectivity index is 0.00000496. The van der Waals surface area contributed by atoms with Gasteiger partial charge in [0.15, 0.2) is 0 Å². The van der Waals surface area contributed by atoms with Gasteiger partial charge in [0, 0.05) is 28.7 Å². The van der Waals surface area contributed by atoms with E-state index in [1.54, 1.807) is 12.1 Å². The Labute approximate surface area is 406 Å². The zero-order chi connectivity index (χ0) is 43.9. The van der Waals surface area contributed by atoms with Crippen LogP contribution in [-0.2, 0) is 30.4 Å². The molecule has 0 amide bonds. The molecule has 0 bridgehead atoms. The second-order valence-electron chi connectivity index (χ2n) is 16.3. The van der Waals surface area contributed by atoms with E-state index in [4.69, 9.17) is 0 Å². The first-order valence-corrected chi connectivity index (χ1v) is 23.6. The van der Waals surface area contributed by atoms with E-state index in [0.29, 0.717) is 50.6 Å². The summed E-state index contributed by atoms with van der Waals surface area (Å²) in [6, 6.07) is 23.0. The van der Waals surface area contributed by atoms with Crippen LogP contribution in [0.4, 0.5) is 22.7 Å². The Hall–Kier alpha value is -2.57. The van der Waals surface area contributed by atoms with Crippen LogP contribution in [0.2, 0.25) is 0 Å². The van der Waals surface area contributed by atoms with E-state index in [1.807, 2.05) is 106 Å². The average molecular weight is 906 g/mol. The molecule has 316 valence electrons. The molecule has 0 aromatic heterocycles. The third-order valence-corrected chi connectivity index (χ3v) is 13.1. The molecule has 5 aromatic rings. The minimum absolute atomic E-state index is 0. The summed E-state index contributed by atoms with van der Waals surface area (Å²) < 4.78 is 111. The van der Waals surface area contributed by atoms with Crippen LogP contribution in [0.1, 0.15) is 135 Å². The molecule has 61 heavy (non-hydrogen) atoms. The number of hydrogen-bond acceptors (Lipinski definition) is 11. The maximum Gasteiger partial charge on any atom is 1.00 e. The number of rotatable bonds is 14. The van der Waals surface area contributed by atoms with Gasteiger partial charge in [-0.3, -0.25) is 0 Å². The zero-order valence-corrected chi connectivity index (χ0v) is 43.3. The van der Waals surface area contributed by atoms with Crippen LogP contribution in [-0.4, -0.2) is 38.9 Å². The van der Waals surface area contributed by atoms with Crippen molar-refractivity contribution in [3.8, 4) is 0 Å². The van der Waals surface area contributed by atoms with Gasteiger partial charge in [0.05, 0.1) is 14.7 Å². The first-order valence-electron chi connectivity index (χ1n) is 19.4. The Bertz CT molecular complexity index is 2540. The van der Waals surface area contributed by atoms with Gasteiger partial charge in [-0.2, -0.15) is 0 Å². The molecule has 5 aromatic carbocycles. The number of nitrogens with one attached hydrogen (secondary N) is 2. The van der Waals surface area contributed by atoms with E-state index in [-0.39, 0.29) is 97.5 Å². The molecule has 0 atom stereocenters. The number of benzene rings is 5. The fourth-order valence-corrected chi connectivity index (χ4v) is 9.41. The van der Waals surface area contributed by atoms with Gasteiger partial charge in [0.1, 0.15) is 30.4 Å². The summed E-state index contributed by atoms with van der Waals surface area (Å²) in [5.41, 5.74) is 8.69. The Morgan fingerprint density at radius 2 is 0.754 bits per heavy atom. The summed E-state index contributed by atoms with van der Waals surface area (Å²) in [7, 11) is -14.3. The third-order valence-electron chi connectivity index (χ3n) is 10.6. The maximum atomic E-state index is 12.7. The summed E-state index contributed by atoms with van der Waals surface area (Å²) in [5.74, 6) is -1.23. The predicted octanol–water partition coefficient (Wildman–Crippen LogP) is 4.18. The predicted molar refractivity (Wildman–Crippen MR) is 229 cm³/mol. The first-order chi connectivity index (χ1) is 27.3. The fraction of sp³-hybridized carbons (Fsp3) is 0.333. The van der Waals surface area contributed by atoms with Crippen LogP contribution >= 0.6 is 0 Å². The van der Waals surface area contributed by atoms with Crippen molar-refractivity contribution in [1.82, 2.24) is 0 Å². The first kappa shape index (κ1) is 52.8. The summed E-state index contributed by atoms with van der Waals surface area (Å²) >= 11 is 0. The minimum atomic E-state index is -4.90. The van der Waals surface area contributed by atoms with Gasteiger partial charge < -0.3 is 24.3 Å². The van der Waals surface area contributed by atoms with Crippen LogP contribution in [0.15, 0.2) is 99.6 Å².